The smallest absolute Gasteiger partial charge is 0.128 e. The van der Waals surface area contributed by atoms with Gasteiger partial charge in [0.25, 0.3) is 0 Å². The lowest BCUT2D eigenvalue weighted by Gasteiger charge is -2.36. The van der Waals surface area contributed by atoms with Gasteiger partial charge in [-0.25, -0.2) is 4.98 Å². The van der Waals surface area contributed by atoms with E-state index in [0.717, 1.165) is 36.3 Å². The minimum atomic E-state index is 0.466. The van der Waals surface area contributed by atoms with E-state index in [1.807, 2.05) is 6.07 Å². The van der Waals surface area contributed by atoms with Crippen molar-refractivity contribution in [1.29, 1.82) is 0 Å². The van der Waals surface area contributed by atoms with E-state index in [1.165, 1.54) is 6.42 Å². The van der Waals surface area contributed by atoms with Crippen LogP contribution in [0.2, 0.25) is 5.02 Å². The third kappa shape index (κ3) is 2.90. The van der Waals surface area contributed by atoms with Gasteiger partial charge in [0.15, 0.2) is 0 Å². The van der Waals surface area contributed by atoms with Crippen molar-refractivity contribution < 1.29 is 0 Å². The average Bonchev–Trinajstić information content (AvgIpc) is 2.28. The molecule has 0 aromatic carbocycles. The summed E-state index contributed by atoms with van der Waals surface area (Å²) in [7, 11) is 0. The Kier molecular flexibility index (Phi) is 3.89. The molecule has 1 fully saturated rings. The molecular weight excluding hydrogens is 234 g/mol. The molecule has 0 radical (unpaired) electrons. The quantitative estimate of drug-likeness (QED) is 0.881. The summed E-state index contributed by atoms with van der Waals surface area (Å²) in [5, 5.41) is 0.661. The maximum Gasteiger partial charge on any atom is 0.128 e. The molecule has 1 aliphatic rings. The molecule has 0 amide bonds. The van der Waals surface area contributed by atoms with Gasteiger partial charge in [-0.05, 0) is 29.9 Å². The molecule has 2 atom stereocenters. The van der Waals surface area contributed by atoms with Crippen LogP contribution in [-0.2, 0) is 6.54 Å². The van der Waals surface area contributed by atoms with E-state index in [0.29, 0.717) is 11.6 Å². The molecule has 1 aromatic heterocycles. The van der Waals surface area contributed by atoms with Crippen molar-refractivity contribution in [1.82, 2.24) is 4.98 Å². The third-order valence-corrected chi connectivity index (χ3v) is 3.67. The van der Waals surface area contributed by atoms with Gasteiger partial charge in [-0.2, -0.15) is 0 Å². The minimum Gasteiger partial charge on any atom is -0.356 e. The van der Waals surface area contributed by atoms with E-state index in [1.54, 1.807) is 6.20 Å². The summed E-state index contributed by atoms with van der Waals surface area (Å²) in [5.41, 5.74) is 6.65. The van der Waals surface area contributed by atoms with Gasteiger partial charge in [0, 0.05) is 25.8 Å². The summed E-state index contributed by atoms with van der Waals surface area (Å²) < 4.78 is 0. The summed E-state index contributed by atoms with van der Waals surface area (Å²) in [6.45, 7) is 7.20. The molecule has 17 heavy (non-hydrogen) atoms. The van der Waals surface area contributed by atoms with Crippen molar-refractivity contribution in [2.45, 2.75) is 26.8 Å². The normalized spacial score (nSPS) is 25.1. The summed E-state index contributed by atoms with van der Waals surface area (Å²) in [4.78, 5) is 6.76. The van der Waals surface area contributed by atoms with Crippen LogP contribution in [0.1, 0.15) is 25.8 Å². The summed E-state index contributed by atoms with van der Waals surface area (Å²) in [6.07, 6.45) is 3.01. The predicted octanol–water partition coefficient (Wildman–Crippen LogP) is 2.68. The fourth-order valence-electron chi connectivity index (χ4n) is 2.65. The number of hydrogen-bond acceptors (Lipinski definition) is 3. The van der Waals surface area contributed by atoms with Crippen molar-refractivity contribution in [3.63, 3.8) is 0 Å². The van der Waals surface area contributed by atoms with Gasteiger partial charge < -0.3 is 10.6 Å². The monoisotopic (exact) mass is 253 g/mol. The molecule has 0 spiro atoms. The van der Waals surface area contributed by atoms with Gasteiger partial charge in [-0.1, -0.05) is 25.4 Å². The van der Waals surface area contributed by atoms with Crippen LogP contribution in [-0.4, -0.2) is 18.1 Å². The predicted molar refractivity (Wildman–Crippen MR) is 72.3 cm³/mol. The topological polar surface area (TPSA) is 42.1 Å². The van der Waals surface area contributed by atoms with Crippen LogP contribution in [0.5, 0.6) is 0 Å². The number of anilines is 1. The number of aromatic nitrogens is 1. The lowest BCUT2D eigenvalue weighted by Crippen LogP contribution is -2.39. The molecule has 2 unspecified atom stereocenters. The molecule has 4 heteroatoms. The molecule has 2 rings (SSSR count). The van der Waals surface area contributed by atoms with Crippen molar-refractivity contribution in [3.05, 3.63) is 22.8 Å². The Morgan fingerprint density at radius 1 is 1.41 bits per heavy atom. The number of nitrogens with two attached hydrogens (primary N) is 1. The number of nitrogens with zero attached hydrogens (tertiary/aromatic N) is 2. The van der Waals surface area contributed by atoms with E-state index in [9.17, 15) is 0 Å². The highest BCUT2D eigenvalue weighted by Gasteiger charge is 2.22. The molecule has 0 aliphatic carbocycles. The van der Waals surface area contributed by atoms with Crippen molar-refractivity contribution in [3.8, 4) is 0 Å². The van der Waals surface area contributed by atoms with Gasteiger partial charge in [-0.3, -0.25) is 0 Å². The molecule has 1 saturated heterocycles. The lowest BCUT2D eigenvalue weighted by atomic mass is 9.92. The van der Waals surface area contributed by atoms with Crippen LogP contribution in [0.25, 0.3) is 0 Å². The highest BCUT2D eigenvalue weighted by atomic mass is 35.5. The Balaban J connectivity index is 2.21. The molecule has 1 aliphatic heterocycles. The van der Waals surface area contributed by atoms with Crippen LogP contribution in [0.4, 0.5) is 5.82 Å². The zero-order valence-corrected chi connectivity index (χ0v) is 11.2. The van der Waals surface area contributed by atoms with Crippen molar-refractivity contribution >= 4 is 17.4 Å². The Morgan fingerprint density at radius 3 is 2.65 bits per heavy atom. The average molecular weight is 254 g/mol. The summed E-state index contributed by atoms with van der Waals surface area (Å²) in [6, 6.07) is 2.02. The van der Waals surface area contributed by atoms with E-state index < -0.39 is 0 Å². The maximum atomic E-state index is 6.03. The Morgan fingerprint density at radius 2 is 2.06 bits per heavy atom. The van der Waals surface area contributed by atoms with E-state index in [-0.39, 0.29) is 0 Å². The molecule has 0 saturated carbocycles. The van der Waals surface area contributed by atoms with Crippen LogP contribution in [0.15, 0.2) is 12.3 Å². The zero-order valence-electron chi connectivity index (χ0n) is 10.5. The van der Waals surface area contributed by atoms with Crippen molar-refractivity contribution in [2.75, 3.05) is 18.0 Å². The van der Waals surface area contributed by atoms with Crippen LogP contribution in [0, 0.1) is 11.8 Å². The Bertz CT molecular complexity index is 384. The molecule has 0 bridgehead atoms. The largest absolute Gasteiger partial charge is 0.356 e. The first-order chi connectivity index (χ1) is 8.10. The zero-order chi connectivity index (χ0) is 12.4. The number of hydrogen-bond donors (Lipinski definition) is 1. The number of halogens is 1. The summed E-state index contributed by atoms with van der Waals surface area (Å²) >= 11 is 6.03. The van der Waals surface area contributed by atoms with E-state index in [2.05, 4.69) is 23.7 Å². The first kappa shape index (κ1) is 12.7. The molecule has 2 heterocycles. The van der Waals surface area contributed by atoms with Crippen molar-refractivity contribution in [2.24, 2.45) is 17.6 Å². The second-order valence-corrected chi connectivity index (χ2v) is 5.60. The highest BCUT2D eigenvalue weighted by molar-refractivity contribution is 6.31. The Hall–Kier alpha value is -0.800. The molecule has 3 nitrogen and oxygen atoms in total. The van der Waals surface area contributed by atoms with Crippen LogP contribution >= 0.6 is 11.6 Å². The van der Waals surface area contributed by atoms with Gasteiger partial charge >= 0.3 is 0 Å². The fourth-order valence-corrected chi connectivity index (χ4v) is 2.83. The molecule has 1 aromatic rings. The number of piperidine rings is 1. The lowest BCUT2D eigenvalue weighted by molar-refractivity contribution is 0.355. The maximum absolute atomic E-state index is 6.03. The number of pyridine rings is 1. The third-order valence-electron chi connectivity index (χ3n) is 3.33. The Labute approximate surface area is 108 Å². The second kappa shape index (κ2) is 5.23. The van der Waals surface area contributed by atoms with Gasteiger partial charge in [0.05, 0.1) is 5.02 Å². The number of rotatable bonds is 2. The van der Waals surface area contributed by atoms with E-state index in [4.69, 9.17) is 17.3 Å². The second-order valence-electron chi connectivity index (χ2n) is 5.19. The van der Waals surface area contributed by atoms with E-state index >= 15 is 0 Å². The first-order valence-electron chi connectivity index (χ1n) is 6.19. The molecule has 94 valence electrons. The van der Waals surface area contributed by atoms with Crippen LogP contribution < -0.4 is 10.6 Å². The highest BCUT2D eigenvalue weighted by Crippen LogP contribution is 2.27. The standard InChI is InChI=1S/C13H20ClN3/c1-9-3-10(2)8-17(7-9)13-4-11(5-15)12(14)6-16-13/h4,6,9-10H,3,5,7-8,15H2,1-2H3. The SMILES string of the molecule is CC1CC(C)CN(c2cc(CN)c(Cl)cn2)C1. The van der Waals surface area contributed by atoms with Gasteiger partial charge in [0.2, 0.25) is 0 Å². The van der Waals surface area contributed by atoms with Crippen LogP contribution in [0.3, 0.4) is 0 Å². The first-order valence-corrected chi connectivity index (χ1v) is 6.57. The van der Waals surface area contributed by atoms with Gasteiger partial charge in [0.1, 0.15) is 5.82 Å². The molecule has 2 N–H and O–H groups in total. The minimum absolute atomic E-state index is 0.466. The summed E-state index contributed by atoms with van der Waals surface area (Å²) in [5.74, 6) is 2.45. The molecular formula is C13H20ClN3. The fraction of sp³-hybridized carbons (Fsp3) is 0.615. The van der Waals surface area contributed by atoms with Gasteiger partial charge in [-0.15, -0.1) is 0 Å².